The Balaban J connectivity index is 1.40. The lowest BCUT2D eigenvalue weighted by Crippen LogP contribution is -2.32. The van der Waals surface area contributed by atoms with Gasteiger partial charge in [-0.05, 0) is 58.5 Å². The quantitative estimate of drug-likeness (QED) is 0.448. The SMILES string of the molecule is C1=C2/CNN=C(c3cc4c(-c5ccsc5)cccc4[nH]3)C2=NCCC\C(c2cnccn2)=C/1. The molecule has 7 heteroatoms. The van der Waals surface area contributed by atoms with E-state index < -0.39 is 0 Å². The van der Waals surface area contributed by atoms with E-state index in [1.165, 1.54) is 22.1 Å². The maximum atomic E-state index is 4.98. The predicted molar refractivity (Wildman–Crippen MR) is 136 cm³/mol. The monoisotopic (exact) mass is 450 g/mol. The Bertz CT molecular complexity index is 1420. The molecule has 0 fully saturated rings. The number of allylic oxidation sites excluding steroid dienone is 3. The van der Waals surface area contributed by atoms with Crippen LogP contribution in [0.1, 0.15) is 24.2 Å². The van der Waals surface area contributed by atoms with Crippen LogP contribution in [0, 0.1) is 0 Å². The van der Waals surface area contributed by atoms with Crippen molar-refractivity contribution in [3.63, 3.8) is 0 Å². The van der Waals surface area contributed by atoms with Crippen molar-refractivity contribution in [2.45, 2.75) is 12.8 Å². The highest BCUT2D eigenvalue weighted by atomic mass is 32.1. The highest BCUT2D eigenvalue weighted by Gasteiger charge is 2.23. The summed E-state index contributed by atoms with van der Waals surface area (Å²) in [6, 6.07) is 10.7. The van der Waals surface area contributed by atoms with E-state index in [1.54, 1.807) is 23.7 Å². The van der Waals surface area contributed by atoms with Gasteiger partial charge in [0.15, 0.2) is 0 Å². The summed E-state index contributed by atoms with van der Waals surface area (Å²) >= 11 is 1.71. The second-order valence-electron chi connectivity index (χ2n) is 8.07. The molecule has 2 aliphatic rings. The van der Waals surface area contributed by atoms with Gasteiger partial charge in [-0.3, -0.25) is 15.0 Å². The van der Waals surface area contributed by atoms with Crippen LogP contribution in [0.15, 0.2) is 87.5 Å². The summed E-state index contributed by atoms with van der Waals surface area (Å²) in [7, 11) is 0. The summed E-state index contributed by atoms with van der Waals surface area (Å²) < 4.78 is 0. The van der Waals surface area contributed by atoms with Crippen LogP contribution in [0.5, 0.6) is 0 Å². The van der Waals surface area contributed by atoms with Crippen molar-refractivity contribution < 1.29 is 0 Å². The molecule has 0 spiro atoms. The maximum absolute atomic E-state index is 4.98. The van der Waals surface area contributed by atoms with Crippen LogP contribution in [0.25, 0.3) is 27.6 Å². The molecule has 4 aromatic rings. The first-order chi connectivity index (χ1) is 16.4. The number of aromatic nitrogens is 3. The minimum absolute atomic E-state index is 0.646. The Labute approximate surface area is 195 Å². The third-order valence-corrected chi connectivity index (χ3v) is 6.68. The van der Waals surface area contributed by atoms with E-state index in [0.717, 1.165) is 53.3 Å². The van der Waals surface area contributed by atoms with Crippen LogP contribution in [-0.4, -0.2) is 39.5 Å². The molecule has 0 radical (unpaired) electrons. The maximum Gasteiger partial charge on any atom is 0.132 e. The molecule has 0 unspecified atom stereocenters. The Morgan fingerprint density at radius 3 is 2.85 bits per heavy atom. The largest absolute Gasteiger partial charge is 0.353 e. The number of fused-ring (bicyclic) bond motifs is 2. The van der Waals surface area contributed by atoms with Gasteiger partial charge >= 0.3 is 0 Å². The smallest absolute Gasteiger partial charge is 0.132 e. The fourth-order valence-electron chi connectivity index (χ4n) is 4.37. The molecule has 2 N–H and O–H groups in total. The number of hydrazone groups is 1. The Hall–Kier alpha value is -3.84. The number of nitrogens with one attached hydrogen (secondary N) is 2. The average Bonchev–Trinajstić information content (AvgIpc) is 3.55. The normalized spacial score (nSPS) is 19.5. The average molecular weight is 451 g/mol. The topological polar surface area (TPSA) is 78.3 Å². The van der Waals surface area contributed by atoms with Gasteiger partial charge in [0.25, 0.3) is 0 Å². The fraction of sp³-hybridized carbons (Fsp3) is 0.154. The Morgan fingerprint density at radius 1 is 1.00 bits per heavy atom. The summed E-state index contributed by atoms with van der Waals surface area (Å²) in [4.78, 5) is 17.3. The Morgan fingerprint density at radius 2 is 1.97 bits per heavy atom. The molecule has 0 saturated heterocycles. The lowest BCUT2D eigenvalue weighted by Gasteiger charge is -2.18. The van der Waals surface area contributed by atoms with E-state index in [9.17, 15) is 0 Å². The standard InChI is InChI=1S/C26H22N6S/c1-4-20(19-8-12-33-16-19)21-13-23(31-22(21)5-1)26-25-18(14-30-32-26)7-6-17(3-2-9-29-25)24-15-27-10-11-28-24/h1,4-8,10-13,15-16,30-31H,2-3,9,14H2/b17-6+,18-7-,29-25?. The van der Waals surface area contributed by atoms with Crippen molar-refractivity contribution in [3.8, 4) is 11.1 Å². The molecule has 2 aliphatic heterocycles. The first-order valence-electron chi connectivity index (χ1n) is 11.0. The van der Waals surface area contributed by atoms with E-state index in [-0.39, 0.29) is 0 Å². The first kappa shape index (κ1) is 19.8. The third-order valence-electron chi connectivity index (χ3n) is 5.99. The molecule has 5 heterocycles. The van der Waals surface area contributed by atoms with Crippen LogP contribution < -0.4 is 5.43 Å². The number of nitrogens with zero attached hydrogens (tertiary/aromatic N) is 4. The Kier molecular flexibility index (Phi) is 5.16. The van der Waals surface area contributed by atoms with Gasteiger partial charge in [-0.25, -0.2) is 0 Å². The van der Waals surface area contributed by atoms with Crippen molar-refractivity contribution in [1.29, 1.82) is 0 Å². The van der Waals surface area contributed by atoms with Gasteiger partial charge in [-0.2, -0.15) is 16.4 Å². The molecule has 6 nitrogen and oxygen atoms in total. The van der Waals surface area contributed by atoms with Gasteiger partial charge in [-0.15, -0.1) is 0 Å². The lowest BCUT2D eigenvalue weighted by atomic mass is 10.00. The zero-order chi connectivity index (χ0) is 22.0. The molecule has 0 amide bonds. The third kappa shape index (κ3) is 3.81. The summed E-state index contributed by atoms with van der Waals surface area (Å²) in [6.45, 7) is 1.39. The molecule has 1 aromatic carbocycles. The van der Waals surface area contributed by atoms with Gasteiger partial charge in [0.1, 0.15) is 5.71 Å². The van der Waals surface area contributed by atoms with Crippen LogP contribution >= 0.6 is 11.3 Å². The number of aliphatic imine (C=N–C) groups is 1. The zero-order valence-electron chi connectivity index (χ0n) is 18.0. The van der Waals surface area contributed by atoms with E-state index in [2.05, 4.69) is 78.7 Å². The van der Waals surface area contributed by atoms with Crippen LogP contribution in [0.3, 0.4) is 0 Å². The number of aromatic amines is 1. The molecule has 33 heavy (non-hydrogen) atoms. The molecular formula is C26H22N6S. The minimum atomic E-state index is 0.646. The number of rotatable bonds is 3. The molecule has 0 atom stereocenters. The van der Waals surface area contributed by atoms with Crippen LogP contribution in [0.2, 0.25) is 0 Å². The molecule has 3 aromatic heterocycles. The highest BCUT2D eigenvalue weighted by Crippen LogP contribution is 2.31. The van der Waals surface area contributed by atoms with Gasteiger partial charge < -0.3 is 10.4 Å². The van der Waals surface area contributed by atoms with Crippen molar-refractivity contribution in [2.75, 3.05) is 13.1 Å². The van der Waals surface area contributed by atoms with E-state index in [0.29, 0.717) is 6.54 Å². The molecule has 6 rings (SSSR count). The number of hydrogen-bond acceptors (Lipinski definition) is 6. The fourth-order valence-corrected chi connectivity index (χ4v) is 5.03. The number of benzene rings is 1. The number of hydrogen-bond donors (Lipinski definition) is 2. The minimum Gasteiger partial charge on any atom is -0.353 e. The second kappa shape index (κ2) is 8.60. The van der Waals surface area contributed by atoms with Gasteiger partial charge in [0, 0.05) is 35.4 Å². The predicted octanol–water partition coefficient (Wildman–Crippen LogP) is 5.24. The van der Waals surface area contributed by atoms with Gasteiger partial charge in [0.2, 0.25) is 0 Å². The summed E-state index contributed by atoms with van der Waals surface area (Å²) in [5.74, 6) is 0. The number of H-pyrrole nitrogens is 1. The van der Waals surface area contributed by atoms with Crippen molar-refractivity contribution >= 4 is 39.2 Å². The highest BCUT2D eigenvalue weighted by molar-refractivity contribution is 7.08. The van der Waals surface area contributed by atoms with Crippen molar-refractivity contribution in [2.24, 2.45) is 10.1 Å². The molecule has 162 valence electrons. The summed E-state index contributed by atoms with van der Waals surface area (Å²) in [5.41, 5.74) is 12.8. The summed E-state index contributed by atoms with van der Waals surface area (Å²) in [5, 5.41) is 10.2. The van der Waals surface area contributed by atoms with Gasteiger partial charge in [-0.1, -0.05) is 24.3 Å². The van der Waals surface area contributed by atoms with Crippen molar-refractivity contribution in [1.82, 2.24) is 20.4 Å². The molecule has 0 aliphatic carbocycles. The molecule has 0 saturated carbocycles. The van der Waals surface area contributed by atoms with E-state index in [1.807, 2.05) is 6.20 Å². The summed E-state index contributed by atoms with van der Waals surface area (Å²) in [6.07, 6.45) is 11.4. The van der Waals surface area contributed by atoms with Crippen LogP contribution in [-0.2, 0) is 0 Å². The van der Waals surface area contributed by atoms with Crippen molar-refractivity contribution in [3.05, 3.63) is 88.8 Å². The van der Waals surface area contributed by atoms with Gasteiger partial charge in [0.05, 0.1) is 29.8 Å². The second-order valence-corrected chi connectivity index (χ2v) is 8.85. The van der Waals surface area contributed by atoms with Crippen LogP contribution in [0.4, 0.5) is 0 Å². The first-order valence-corrected chi connectivity index (χ1v) is 12.0. The molecular weight excluding hydrogens is 428 g/mol. The van der Waals surface area contributed by atoms with E-state index in [4.69, 9.17) is 4.99 Å². The van der Waals surface area contributed by atoms with E-state index >= 15 is 0 Å². The lowest BCUT2D eigenvalue weighted by molar-refractivity contribution is 0.801. The number of thiophene rings is 1. The molecule has 0 bridgehead atoms. The zero-order valence-corrected chi connectivity index (χ0v) is 18.8.